The predicted molar refractivity (Wildman–Crippen MR) is 98.7 cm³/mol. The number of hydrogen-bond acceptors (Lipinski definition) is 2. The molecule has 152 valence electrons. The SMILES string of the molecule is O=S(=O)(Cc1cccc(C(F)(F)F)c1)C(c1ccc(F)cc1)c1ccc(F)cc1. The first-order chi connectivity index (χ1) is 13.6. The topological polar surface area (TPSA) is 34.1 Å². The third kappa shape index (κ3) is 5.00. The molecule has 2 nitrogen and oxygen atoms in total. The molecule has 0 amide bonds. The standard InChI is InChI=1S/C21H15F5O2S/c22-18-8-4-15(5-9-18)20(16-6-10-19(23)11-7-16)29(27,28)13-14-2-1-3-17(12-14)21(24,25)26/h1-12,20H,13H2. The monoisotopic (exact) mass is 426 g/mol. The molecule has 0 unspecified atom stereocenters. The van der Waals surface area contributed by atoms with E-state index in [0.29, 0.717) is 0 Å². The van der Waals surface area contributed by atoms with Crippen molar-refractivity contribution in [2.24, 2.45) is 0 Å². The number of sulfone groups is 1. The van der Waals surface area contributed by atoms with Gasteiger partial charge in [0.2, 0.25) is 0 Å². The molecule has 8 heteroatoms. The van der Waals surface area contributed by atoms with Crippen molar-refractivity contribution < 1.29 is 30.4 Å². The lowest BCUT2D eigenvalue weighted by Crippen LogP contribution is -2.17. The molecule has 0 N–H and O–H groups in total. The summed E-state index contributed by atoms with van der Waals surface area (Å²) in [5.74, 6) is -1.81. The molecule has 0 atom stereocenters. The molecule has 3 rings (SSSR count). The minimum atomic E-state index is -4.60. The fourth-order valence-electron chi connectivity index (χ4n) is 3.04. The van der Waals surface area contributed by atoms with Crippen LogP contribution < -0.4 is 0 Å². The van der Waals surface area contributed by atoms with E-state index in [1.165, 1.54) is 30.3 Å². The third-order valence-corrected chi connectivity index (χ3v) is 6.33. The lowest BCUT2D eigenvalue weighted by atomic mass is 10.0. The van der Waals surface area contributed by atoms with E-state index in [1.807, 2.05) is 0 Å². The van der Waals surface area contributed by atoms with Gasteiger partial charge in [-0.15, -0.1) is 0 Å². The summed E-state index contributed by atoms with van der Waals surface area (Å²) in [6, 6.07) is 13.6. The Morgan fingerprint density at radius 1 is 0.759 bits per heavy atom. The first-order valence-electron chi connectivity index (χ1n) is 8.45. The van der Waals surface area contributed by atoms with Crippen LogP contribution in [0, 0.1) is 11.6 Å². The first kappa shape index (κ1) is 21.0. The van der Waals surface area contributed by atoms with Gasteiger partial charge in [-0.2, -0.15) is 13.2 Å². The zero-order valence-electron chi connectivity index (χ0n) is 14.8. The Hall–Kier alpha value is -2.74. The highest BCUT2D eigenvalue weighted by Crippen LogP contribution is 2.34. The Bertz CT molecular complexity index is 1040. The van der Waals surface area contributed by atoms with Crippen LogP contribution in [0.5, 0.6) is 0 Å². The van der Waals surface area contributed by atoms with Gasteiger partial charge in [-0.05, 0) is 47.0 Å². The Labute approximate surface area is 164 Å². The average Bonchev–Trinajstić information content (AvgIpc) is 2.64. The Kier molecular flexibility index (Phi) is 5.75. The Morgan fingerprint density at radius 3 is 1.69 bits per heavy atom. The highest BCUT2D eigenvalue weighted by atomic mass is 32.2. The van der Waals surface area contributed by atoms with Crippen LogP contribution in [0.3, 0.4) is 0 Å². The van der Waals surface area contributed by atoms with Crippen molar-refractivity contribution in [2.45, 2.75) is 17.2 Å². The third-order valence-electron chi connectivity index (χ3n) is 4.33. The molecule has 0 aromatic heterocycles. The van der Waals surface area contributed by atoms with Gasteiger partial charge < -0.3 is 0 Å². The molecule has 3 aromatic rings. The van der Waals surface area contributed by atoms with E-state index in [-0.39, 0.29) is 16.7 Å². The molecule has 0 saturated heterocycles. The van der Waals surface area contributed by atoms with Crippen LogP contribution in [0.25, 0.3) is 0 Å². The normalized spacial score (nSPS) is 12.3. The predicted octanol–water partition coefficient (Wildman–Crippen LogP) is 5.69. The molecule has 0 aliphatic rings. The van der Waals surface area contributed by atoms with E-state index in [0.717, 1.165) is 42.5 Å². The van der Waals surface area contributed by atoms with Gasteiger partial charge in [-0.1, -0.05) is 42.5 Å². The molecule has 0 aliphatic carbocycles. The van der Waals surface area contributed by atoms with Gasteiger partial charge in [-0.3, -0.25) is 0 Å². The zero-order chi connectivity index (χ0) is 21.2. The van der Waals surface area contributed by atoms with Gasteiger partial charge in [0.1, 0.15) is 16.9 Å². The molecule has 0 fully saturated rings. The number of halogens is 5. The van der Waals surface area contributed by atoms with E-state index < -0.39 is 44.2 Å². The average molecular weight is 426 g/mol. The van der Waals surface area contributed by atoms with Crippen molar-refractivity contribution in [3.05, 3.63) is 107 Å². The smallest absolute Gasteiger partial charge is 0.228 e. The highest BCUT2D eigenvalue weighted by Gasteiger charge is 2.32. The van der Waals surface area contributed by atoms with Gasteiger partial charge in [0, 0.05) is 0 Å². The summed E-state index contributed by atoms with van der Waals surface area (Å²) in [4.78, 5) is 0. The molecular weight excluding hydrogens is 411 g/mol. The minimum absolute atomic E-state index is 0.0333. The van der Waals surface area contributed by atoms with Crippen molar-refractivity contribution in [3.63, 3.8) is 0 Å². The minimum Gasteiger partial charge on any atom is -0.228 e. The van der Waals surface area contributed by atoms with Crippen molar-refractivity contribution in [1.82, 2.24) is 0 Å². The highest BCUT2D eigenvalue weighted by molar-refractivity contribution is 7.91. The van der Waals surface area contributed by atoms with Gasteiger partial charge in [0.05, 0.1) is 11.3 Å². The lowest BCUT2D eigenvalue weighted by molar-refractivity contribution is -0.137. The van der Waals surface area contributed by atoms with E-state index in [1.54, 1.807) is 0 Å². The maximum Gasteiger partial charge on any atom is 0.416 e. The van der Waals surface area contributed by atoms with Crippen LogP contribution in [-0.2, 0) is 21.8 Å². The summed E-state index contributed by atoms with van der Waals surface area (Å²) in [6.07, 6.45) is -4.60. The maximum atomic E-state index is 13.3. The van der Waals surface area contributed by atoms with E-state index in [2.05, 4.69) is 0 Å². The molecule has 0 heterocycles. The summed E-state index contributed by atoms with van der Waals surface area (Å²) in [5, 5.41) is -1.29. The number of alkyl halides is 3. The number of benzene rings is 3. The molecular formula is C21H15F5O2S. The summed E-state index contributed by atoms with van der Waals surface area (Å²) in [7, 11) is -4.08. The Morgan fingerprint density at radius 2 is 1.24 bits per heavy atom. The van der Waals surface area contributed by atoms with Crippen molar-refractivity contribution in [2.75, 3.05) is 0 Å². The second kappa shape index (κ2) is 7.94. The molecule has 29 heavy (non-hydrogen) atoms. The van der Waals surface area contributed by atoms with Crippen LogP contribution >= 0.6 is 0 Å². The van der Waals surface area contributed by atoms with Crippen molar-refractivity contribution >= 4 is 9.84 Å². The molecule has 0 spiro atoms. The summed E-state index contributed by atoms with van der Waals surface area (Å²) in [6.45, 7) is 0. The summed E-state index contributed by atoms with van der Waals surface area (Å²) < 4.78 is 91.8. The van der Waals surface area contributed by atoms with Crippen LogP contribution in [-0.4, -0.2) is 8.42 Å². The molecule has 0 aliphatic heterocycles. The fourth-order valence-corrected chi connectivity index (χ4v) is 4.99. The van der Waals surface area contributed by atoms with Crippen molar-refractivity contribution in [3.8, 4) is 0 Å². The fraction of sp³-hybridized carbons (Fsp3) is 0.143. The molecule has 0 radical (unpaired) electrons. The molecule has 3 aromatic carbocycles. The van der Waals surface area contributed by atoms with E-state index in [4.69, 9.17) is 0 Å². The second-order valence-electron chi connectivity index (χ2n) is 6.49. The van der Waals surface area contributed by atoms with E-state index >= 15 is 0 Å². The number of rotatable bonds is 5. The van der Waals surface area contributed by atoms with Crippen LogP contribution in [0.4, 0.5) is 22.0 Å². The van der Waals surface area contributed by atoms with Gasteiger partial charge in [0.25, 0.3) is 0 Å². The van der Waals surface area contributed by atoms with Crippen molar-refractivity contribution in [1.29, 1.82) is 0 Å². The second-order valence-corrected chi connectivity index (χ2v) is 8.57. The quantitative estimate of drug-likeness (QED) is 0.492. The van der Waals surface area contributed by atoms with E-state index in [9.17, 15) is 30.4 Å². The summed E-state index contributed by atoms with van der Waals surface area (Å²) >= 11 is 0. The largest absolute Gasteiger partial charge is 0.416 e. The number of hydrogen-bond donors (Lipinski definition) is 0. The first-order valence-corrected chi connectivity index (χ1v) is 10.2. The summed E-state index contributed by atoms with van der Waals surface area (Å²) in [5.41, 5.74) is -0.533. The molecule has 0 bridgehead atoms. The van der Waals surface area contributed by atoms with Crippen LogP contribution in [0.15, 0.2) is 72.8 Å². The van der Waals surface area contributed by atoms with Gasteiger partial charge >= 0.3 is 6.18 Å². The Balaban J connectivity index is 2.04. The molecule has 0 saturated carbocycles. The van der Waals surface area contributed by atoms with Crippen LogP contribution in [0.1, 0.15) is 27.5 Å². The lowest BCUT2D eigenvalue weighted by Gasteiger charge is -2.19. The zero-order valence-corrected chi connectivity index (χ0v) is 15.6. The van der Waals surface area contributed by atoms with Gasteiger partial charge in [0.15, 0.2) is 9.84 Å². The van der Waals surface area contributed by atoms with Gasteiger partial charge in [-0.25, -0.2) is 17.2 Å². The van der Waals surface area contributed by atoms with Crippen LogP contribution in [0.2, 0.25) is 0 Å². The maximum absolute atomic E-state index is 13.3.